The average Bonchev–Trinajstić information content (AvgIpc) is 2.40. The van der Waals surface area contributed by atoms with Crippen LogP contribution in [0.15, 0.2) is 30.3 Å². The van der Waals surface area contributed by atoms with E-state index in [0.717, 1.165) is 25.9 Å². The third-order valence-corrected chi connectivity index (χ3v) is 3.39. The molecular weight excluding hydrogens is 228 g/mol. The van der Waals surface area contributed by atoms with E-state index in [2.05, 4.69) is 10.6 Å². The van der Waals surface area contributed by atoms with Gasteiger partial charge in [-0.1, -0.05) is 18.2 Å². The van der Waals surface area contributed by atoms with Gasteiger partial charge in [0.05, 0.1) is 0 Å². The average molecular weight is 248 g/mol. The Kier molecular flexibility index (Phi) is 4.59. The first-order valence-electron chi connectivity index (χ1n) is 6.50. The van der Waals surface area contributed by atoms with Crippen molar-refractivity contribution in [1.82, 2.24) is 10.6 Å². The highest BCUT2D eigenvalue weighted by atomic mass is 16.6. The predicted octanol–water partition coefficient (Wildman–Crippen LogP) is 2.16. The maximum atomic E-state index is 11.7. The highest BCUT2D eigenvalue weighted by Crippen LogP contribution is 2.16. The number of carbonyl (C=O) groups is 1. The van der Waals surface area contributed by atoms with Crippen molar-refractivity contribution in [2.75, 3.05) is 13.1 Å². The van der Waals surface area contributed by atoms with Gasteiger partial charge in [0, 0.05) is 6.04 Å². The topological polar surface area (TPSA) is 50.4 Å². The second-order valence-corrected chi connectivity index (χ2v) is 4.72. The molecule has 4 nitrogen and oxygen atoms in total. The number of benzene rings is 1. The van der Waals surface area contributed by atoms with Crippen LogP contribution in [0, 0.1) is 5.92 Å². The van der Waals surface area contributed by atoms with Crippen molar-refractivity contribution in [2.45, 2.75) is 25.8 Å². The van der Waals surface area contributed by atoms with E-state index in [0.29, 0.717) is 11.7 Å². The molecule has 18 heavy (non-hydrogen) atoms. The molecule has 1 atom stereocenters. The molecule has 4 heteroatoms. The Morgan fingerprint density at radius 1 is 1.33 bits per heavy atom. The van der Waals surface area contributed by atoms with E-state index in [-0.39, 0.29) is 12.1 Å². The standard InChI is InChI=1S/C14H20N2O2/c1-11(12-7-9-15-10-8-12)16-14(17)18-13-5-3-2-4-6-13/h2-6,11-12,15H,7-10H2,1H3,(H,16,17). The molecule has 98 valence electrons. The number of carbonyl (C=O) groups excluding carboxylic acids is 1. The third kappa shape index (κ3) is 3.74. The van der Waals surface area contributed by atoms with Crippen molar-refractivity contribution in [3.63, 3.8) is 0 Å². The fourth-order valence-corrected chi connectivity index (χ4v) is 2.27. The fourth-order valence-electron chi connectivity index (χ4n) is 2.27. The molecule has 2 rings (SSSR count). The molecule has 0 aliphatic carbocycles. The van der Waals surface area contributed by atoms with E-state index in [4.69, 9.17) is 4.74 Å². The lowest BCUT2D eigenvalue weighted by atomic mass is 9.91. The van der Waals surface area contributed by atoms with Crippen molar-refractivity contribution < 1.29 is 9.53 Å². The van der Waals surface area contributed by atoms with Crippen molar-refractivity contribution in [3.05, 3.63) is 30.3 Å². The predicted molar refractivity (Wildman–Crippen MR) is 70.7 cm³/mol. The highest BCUT2D eigenvalue weighted by Gasteiger charge is 2.21. The maximum absolute atomic E-state index is 11.7. The van der Waals surface area contributed by atoms with Gasteiger partial charge in [-0.05, 0) is 50.9 Å². The first-order chi connectivity index (χ1) is 8.75. The molecule has 0 saturated carbocycles. The minimum absolute atomic E-state index is 0.156. The summed E-state index contributed by atoms with van der Waals surface area (Å²) < 4.78 is 5.21. The summed E-state index contributed by atoms with van der Waals surface area (Å²) >= 11 is 0. The smallest absolute Gasteiger partial charge is 0.410 e. The van der Waals surface area contributed by atoms with E-state index < -0.39 is 0 Å². The van der Waals surface area contributed by atoms with Gasteiger partial charge in [-0.25, -0.2) is 4.79 Å². The number of hydrogen-bond donors (Lipinski definition) is 2. The minimum Gasteiger partial charge on any atom is -0.410 e. The van der Waals surface area contributed by atoms with Crippen LogP contribution in [0.25, 0.3) is 0 Å². The third-order valence-electron chi connectivity index (χ3n) is 3.39. The lowest BCUT2D eigenvalue weighted by molar-refractivity contribution is 0.188. The van der Waals surface area contributed by atoms with Crippen LogP contribution < -0.4 is 15.4 Å². The van der Waals surface area contributed by atoms with E-state index >= 15 is 0 Å². The molecule has 0 spiro atoms. The van der Waals surface area contributed by atoms with Crippen LogP contribution in [-0.4, -0.2) is 25.2 Å². The van der Waals surface area contributed by atoms with E-state index in [1.165, 1.54) is 0 Å². The zero-order valence-electron chi connectivity index (χ0n) is 10.7. The van der Waals surface area contributed by atoms with Gasteiger partial charge in [0.1, 0.15) is 5.75 Å². The summed E-state index contributed by atoms with van der Waals surface area (Å²) in [7, 11) is 0. The van der Waals surface area contributed by atoms with E-state index in [1.807, 2.05) is 25.1 Å². The molecule has 1 aliphatic heterocycles. The molecule has 0 bridgehead atoms. The fraction of sp³-hybridized carbons (Fsp3) is 0.500. The lowest BCUT2D eigenvalue weighted by Gasteiger charge is -2.28. The van der Waals surface area contributed by atoms with Crippen molar-refractivity contribution in [3.8, 4) is 5.75 Å². The number of rotatable bonds is 3. The van der Waals surface area contributed by atoms with Crippen LogP contribution in [0.1, 0.15) is 19.8 Å². The molecule has 1 aromatic carbocycles. The van der Waals surface area contributed by atoms with Crippen LogP contribution in [0.4, 0.5) is 4.79 Å². The van der Waals surface area contributed by atoms with Crippen LogP contribution in [0.3, 0.4) is 0 Å². The van der Waals surface area contributed by atoms with Crippen molar-refractivity contribution in [2.24, 2.45) is 5.92 Å². The number of nitrogens with one attached hydrogen (secondary N) is 2. The van der Waals surface area contributed by atoms with Crippen LogP contribution in [0.5, 0.6) is 5.75 Å². The number of hydrogen-bond acceptors (Lipinski definition) is 3. The molecule has 0 radical (unpaired) electrons. The molecule has 1 saturated heterocycles. The summed E-state index contributed by atoms with van der Waals surface area (Å²) in [6, 6.07) is 9.28. The summed E-state index contributed by atoms with van der Waals surface area (Å²) in [4.78, 5) is 11.7. The molecule has 1 fully saturated rings. The lowest BCUT2D eigenvalue weighted by Crippen LogP contribution is -2.43. The van der Waals surface area contributed by atoms with Gasteiger partial charge in [0.2, 0.25) is 0 Å². The molecule has 1 heterocycles. The van der Waals surface area contributed by atoms with Crippen LogP contribution >= 0.6 is 0 Å². The molecular formula is C14H20N2O2. The summed E-state index contributed by atoms with van der Waals surface area (Å²) in [6.45, 7) is 4.11. The summed E-state index contributed by atoms with van der Waals surface area (Å²) in [6.07, 6.45) is 1.84. The SMILES string of the molecule is CC(NC(=O)Oc1ccccc1)C1CCNCC1. The van der Waals surface area contributed by atoms with Gasteiger partial charge in [-0.2, -0.15) is 0 Å². The van der Waals surface area contributed by atoms with Crippen LogP contribution in [0.2, 0.25) is 0 Å². The van der Waals surface area contributed by atoms with Crippen LogP contribution in [-0.2, 0) is 0 Å². The highest BCUT2D eigenvalue weighted by molar-refractivity contribution is 5.70. The Labute approximate surface area is 108 Å². The number of ether oxygens (including phenoxy) is 1. The van der Waals surface area contributed by atoms with E-state index in [1.54, 1.807) is 12.1 Å². The van der Waals surface area contributed by atoms with Gasteiger partial charge in [0.15, 0.2) is 0 Å². The Morgan fingerprint density at radius 3 is 2.67 bits per heavy atom. The molecule has 1 amide bonds. The molecule has 0 aromatic heterocycles. The largest absolute Gasteiger partial charge is 0.412 e. The van der Waals surface area contributed by atoms with Gasteiger partial charge in [-0.15, -0.1) is 0 Å². The summed E-state index contributed by atoms with van der Waals surface area (Å²) in [5.74, 6) is 1.11. The van der Waals surface area contributed by atoms with Gasteiger partial charge in [0.25, 0.3) is 0 Å². The Bertz CT molecular complexity index is 375. The van der Waals surface area contributed by atoms with Crippen molar-refractivity contribution >= 4 is 6.09 Å². The Morgan fingerprint density at radius 2 is 2.00 bits per heavy atom. The number of piperidine rings is 1. The minimum atomic E-state index is -0.368. The monoisotopic (exact) mass is 248 g/mol. The first-order valence-corrected chi connectivity index (χ1v) is 6.50. The molecule has 1 aromatic rings. The quantitative estimate of drug-likeness (QED) is 0.862. The molecule has 2 N–H and O–H groups in total. The van der Waals surface area contributed by atoms with Gasteiger partial charge in [-0.3, -0.25) is 0 Å². The van der Waals surface area contributed by atoms with Crippen molar-refractivity contribution in [1.29, 1.82) is 0 Å². The maximum Gasteiger partial charge on any atom is 0.412 e. The second kappa shape index (κ2) is 6.40. The summed E-state index contributed by atoms with van der Waals surface area (Å²) in [5.41, 5.74) is 0. The Balaban J connectivity index is 1.79. The first kappa shape index (κ1) is 12.9. The van der Waals surface area contributed by atoms with E-state index in [9.17, 15) is 4.79 Å². The van der Waals surface area contributed by atoms with Gasteiger partial charge >= 0.3 is 6.09 Å². The summed E-state index contributed by atoms with van der Waals surface area (Å²) in [5, 5.41) is 6.23. The second-order valence-electron chi connectivity index (χ2n) is 4.72. The number of amides is 1. The zero-order valence-corrected chi connectivity index (χ0v) is 10.7. The molecule has 1 aliphatic rings. The zero-order chi connectivity index (χ0) is 12.8. The number of para-hydroxylation sites is 1. The Hall–Kier alpha value is -1.55. The molecule has 1 unspecified atom stereocenters. The normalized spacial score (nSPS) is 18.1. The van der Waals surface area contributed by atoms with Gasteiger partial charge < -0.3 is 15.4 Å².